The lowest BCUT2D eigenvalue weighted by Gasteiger charge is -2.26. The summed E-state index contributed by atoms with van der Waals surface area (Å²) in [6, 6.07) is 14.1. The van der Waals surface area contributed by atoms with Gasteiger partial charge in [-0.2, -0.15) is 0 Å². The summed E-state index contributed by atoms with van der Waals surface area (Å²) in [7, 11) is 0. The van der Waals surface area contributed by atoms with Crippen LogP contribution in [-0.2, 0) is 20.7 Å². The minimum absolute atomic E-state index is 0.114. The van der Waals surface area contributed by atoms with Crippen molar-refractivity contribution >= 4 is 63.4 Å². The zero-order valence-electron chi connectivity index (χ0n) is 14.5. The van der Waals surface area contributed by atoms with Gasteiger partial charge in [-0.3, -0.25) is 4.79 Å². The molecule has 0 aliphatic rings. The number of phenolic OH excluding ortho intramolecular Hbond substituents is 1. The van der Waals surface area contributed by atoms with E-state index in [0.717, 1.165) is 5.56 Å². The number of hydrogen-bond acceptors (Lipinski definition) is 5. The number of ether oxygens (including phenoxy) is 1. The summed E-state index contributed by atoms with van der Waals surface area (Å²) in [6.45, 7) is 1.01. The van der Waals surface area contributed by atoms with Gasteiger partial charge in [-0.15, -0.1) is 0.910 Å². The van der Waals surface area contributed by atoms with Crippen molar-refractivity contribution in [3.63, 3.8) is 0 Å². The Morgan fingerprint density at radius 1 is 1.04 bits per heavy atom. The van der Waals surface area contributed by atoms with Gasteiger partial charge >= 0.3 is 11.9 Å². The normalized spacial score (nSPS) is 12.3. The van der Waals surface area contributed by atoms with Gasteiger partial charge in [0.15, 0.2) is 12.4 Å². The molecule has 0 fully saturated rings. The number of halogens is 2. The Kier molecular flexibility index (Phi) is 7.74. The Morgan fingerprint density at radius 2 is 1.63 bits per heavy atom. The van der Waals surface area contributed by atoms with Gasteiger partial charge in [0.1, 0.15) is 5.75 Å². The Balaban J connectivity index is 2.14. The van der Waals surface area contributed by atoms with Crippen molar-refractivity contribution in [3.8, 4) is 5.75 Å². The van der Waals surface area contributed by atoms with E-state index in [0.29, 0.717) is 5.56 Å². The highest BCUT2D eigenvalue weighted by Gasteiger charge is 2.45. The number of nitrogens with zero attached hydrogens (tertiary/aromatic N) is 1. The van der Waals surface area contributed by atoms with Crippen molar-refractivity contribution in [3.05, 3.63) is 65.7 Å². The molecule has 0 unspecified atom stereocenters. The van der Waals surface area contributed by atoms with Gasteiger partial charge in [0.2, 0.25) is 6.04 Å². The van der Waals surface area contributed by atoms with Gasteiger partial charge in [0.25, 0.3) is 45.7 Å². The van der Waals surface area contributed by atoms with Crippen LogP contribution < -0.4 is 0 Å². The summed E-state index contributed by atoms with van der Waals surface area (Å²) < 4.78 is 4.97. The van der Waals surface area contributed by atoms with Gasteiger partial charge in [-0.1, -0.05) is 42.5 Å². The summed E-state index contributed by atoms with van der Waals surface area (Å²) >= 11 is 3.77. The van der Waals surface area contributed by atoms with E-state index in [-0.39, 0.29) is 31.4 Å². The van der Waals surface area contributed by atoms with E-state index in [1.165, 1.54) is 19.1 Å². The predicted molar refractivity (Wildman–Crippen MR) is 116 cm³/mol. The maximum Gasteiger partial charge on any atom is 0.367 e. The molecule has 27 heavy (non-hydrogen) atoms. The topological polar surface area (TPSA) is 80.7 Å². The van der Waals surface area contributed by atoms with E-state index in [2.05, 4.69) is 0 Å². The molecule has 6 nitrogen and oxygen atoms in total. The summed E-state index contributed by atoms with van der Waals surface area (Å²) in [5.74, 6) is -1.06. The van der Waals surface area contributed by atoms with Crippen LogP contribution in [0, 0.1) is 0 Å². The molecular formula is C19H18I2NO5+. The van der Waals surface area contributed by atoms with Crippen LogP contribution in [0.3, 0.4) is 0 Å². The molecule has 1 amide bonds. The Morgan fingerprint density at radius 3 is 2.19 bits per heavy atom. The lowest BCUT2D eigenvalue weighted by atomic mass is 10.1. The van der Waals surface area contributed by atoms with Gasteiger partial charge in [0.05, 0.1) is 6.92 Å². The first-order chi connectivity index (χ1) is 12.7. The van der Waals surface area contributed by atoms with Crippen LogP contribution in [-0.4, -0.2) is 36.3 Å². The maximum absolute atomic E-state index is 12.7. The highest BCUT2D eigenvalue weighted by Crippen LogP contribution is 2.32. The smallest absolute Gasteiger partial charge is 0.367 e. The minimum atomic E-state index is -0.836. The SMILES string of the molecule is CC(=O)[N+](I)(I)[C@@H](Cc1ccc(O)cc1)C(=O)OCC(=O)c1ccccc1. The van der Waals surface area contributed by atoms with Crippen LogP contribution in [0.4, 0.5) is 0 Å². The molecule has 0 aliphatic carbocycles. The Hall–Kier alpha value is -1.53. The van der Waals surface area contributed by atoms with Crippen LogP contribution >= 0.6 is 45.7 Å². The van der Waals surface area contributed by atoms with Crippen LogP contribution in [0.1, 0.15) is 22.8 Å². The zero-order valence-corrected chi connectivity index (χ0v) is 18.8. The summed E-state index contributed by atoms with van der Waals surface area (Å²) in [5, 5.41) is 9.41. The van der Waals surface area contributed by atoms with Crippen molar-refractivity contribution in [2.45, 2.75) is 19.4 Å². The molecule has 0 saturated heterocycles. The van der Waals surface area contributed by atoms with Crippen molar-refractivity contribution in [1.29, 1.82) is 0 Å². The highest BCUT2D eigenvalue weighted by molar-refractivity contribution is 14.2. The molecule has 0 spiro atoms. The zero-order chi connectivity index (χ0) is 20.0. The standard InChI is InChI=1S/C19H17I2NO5/c1-13(23)22(20,21)17(11-14-7-9-16(24)10-8-14)19(26)27-12-18(25)15-5-3-2-4-6-15/h2-10,17H,11-12H2,1H3/p+1/t17-/m0/s1. The second-order valence-electron chi connectivity index (χ2n) is 5.86. The first-order valence-corrected chi connectivity index (χ1v) is 9.96. The Bertz CT molecular complexity index is 822. The molecule has 2 rings (SSSR count). The molecule has 0 radical (unpaired) electrons. The molecule has 2 aromatic rings. The van der Waals surface area contributed by atoms with E-state index < -0.39 is 12.0 Å². The fraction of sp³-hybridized carbons (Fsp3) is 0.211. The number of amides is 1. The molecule has 8 heteroatoms. The average Bonchev–Trinajstić information content (AvgIpc) is 2.65. The fourth-order valence-corrected chi connectivity index (χ4v) is 3.19. The molecule has 142 valence electrons. The van der Waals surface area contributed by atoms with Crippen LogP contribution in [0.5, 0.6) is 5.75 Å². The molecule has 0 heterocycles. The van der Waals surface area contributed by atoms with E-state index in [9.17, 15) is 19.5 Å². The third-order valence-electron chi connectivity index (χ3n) is 3.89. The maximum atomic E-state index is 12.7. The second-order valence-corrected chi connectivity index (χ2v) is 10.7. The predicted octanol–water partition coefficient (Wildman–Crippen LogP) is 3.79. The van der Waals surface area contributed by atoms with Crippen molar-refractivity contribution in [2.24, 2.45) is 0 Å². The number of Topliss-reactive ketones (excluding diaryl/α,β-unsaturated/α-hetero) is 1. The monoisotopic (exact) mass is 594 g/mol. The fourth-order valence-electron chi connectivity index (χ4n) is 2.35. The highest BCUT2D eigenvalue weighted by atomic mass is 127. The molecule has 0 saturated carbocycles. The molecule has 1 N–H and O–H groups in total. The summed E-state index contributed by atoms with van der Waals surface area (Å²) in [4.78, 5) is 36.9. The van der Waals surface area contributed by atoms with Gasteiger partial charge in [-0.05, 0) is 17.7 Å². The first kappa shape index (κ1) is 21.8. The summed E-state index contributed by atoms with van der Waals surface area (Å²) in [6.07, 6.45) is 0.226. The number of esters is 1. The molecule has 0 aromatic heterocycles. The van der Waals surface area contributed by atoms with Gasteiger partial charge < -0.3 is 9.84 Å². The van der Waals surface area contributed by atoms with E-state index in [4.69, 9.17) is 4.74 Å². The van der Waals surface area contributed by atoms with E-state index >= 15 is 0 Å². The Labute approximate surface area is 185 Å². The number of benzene rings is 2. The van der Waals surface area contributed by atoms with Crippen LogP contribution in [0.2, 0.25) is 0 Å². The van der Waals surface area contributed by atoms with Gasteiger partial charge in [-0.25, -0.2) is 9.59 Å². The third-order valence-corrected chi connectivity index (χ3v) is 6.59. The van der Waals surface area contributed by atoms with E-state index in [1.54, 1.807) is 42.5 Å². The van der Waals surface area contributed by atoms with E-state index in [1.807, 2.05) is 45.7 Å². The van der Waals surface area contributed by atoms with Crippen LogP contribution in [0.25, 0.3) is 0 Å². The third kappa shape index (κ3) is 5.98. The van der Waals surface area contributed by atoms with Gasteiger partial charge in [0, 0.05) is 12.0 Å². The largest absolute Gasteiger partial charge is 0.508 e. The molecular weight excluding hydrogens is 576 g/mol. The lowest BCUT2D eigenvalue weighted by Crippen LogP contribution is -2.48. The number of hydrogen-bond donors (Lipinski definition) is 1. The van der Waals surface area contributed by atoms with Crippen molar-refractivity contribution < 1.29 is 25.1 Å². The minimum Gasteiger partial charge on any atom is -0.508 e. The number of phenols is 1. The molecule has 1 atom stereocenters. The quantitative estimate of drug-likeness (QED) is 0.229. The van der Waals surface area contributed by atoms with Crippen molar-refractivity contribution in [1.82, 2.24) is 0 Å². The number of quaternary nitrogens is 1. The van der Waals surface area contributed by atoms with Crippen molar-refractivity contribution in [2.75, 3.05) is 6.61 Å². The second kappa shape index (κ2) is 9.60. The number of carbonyl (C=O) groups is 3. The number of rotatable bonds is 7. The molecule has 0 bridgehead atoms. The first-order valence-electron chi connectivity index (χ1n) is 8.03. The van der Waals surface area contributed by atoms with Crippen LogP contribution in [0.15, 0.2) is 54.6 Å². The lowest BCUT2D eigenvalue weighted by molar-refractivity contribution is -0.501. The molecule has 2 aromatic carbocycles. The molecule has 0 aliphatic heterocycles. The number of ketones is 1. The average molecular weight is 594 g/mol. The number of aromatic hydroxyl groups is 1. The summed E-state index contributed by atoms with van der Waals surface area (Å²) in [5.41, 5.74) is 1.22. The number of carbonyl (C=O) groups excluding carboxylic acids is 3.